The lowest BCUT2D eigenvalue weighted by Gasteiger charge is -2.15. The summed E-state index contributed by atoms with van der Waals surface area (Å²) >= 11 is 0. The predicted octanol–water partition coefficient (Wildman–Crippen LogP) is 1.39. The molecule has 0 radical (unpaired) electrons. The molecule has 2 rings (SSSR count). The van der Waals surface area contributed by atoms with Gasteiger partial charge >= 0.3 is 0 Å². The van der Waals surface area contributed by atoms with E-state index in [0.29, 0.717) is 25.5 Å². The summed E-state index contributed by atoms with van der Waals surface area (Å²) in [7, 11) is -1.57. The zero-order valence-electron chi connectivity index (χ0n) is 12.1. The summed E-state index contributed by atoms with van der Waals surface area (Å²) in [6.07, 6.45) is 3.10. The van der Waals surface area contributed by atoms with Crippen molar-refractivity contribution in [2.24, 2.45) is 0 Å². The molecule has 21 heavy (non-hydrogen) atoms. The summed E-state index contributed by atoms with van der Waals surface area (Å²) in [6, 6.07) is 6.77. The molecule has 0 bridgehead atoms. The third-order valence-corrected chi connectivity index (χ3v) is 4.48. The van der Waals surface area contributed by atoms with Crippen LogP contribution in [-0.2, 0) is 16.6 Å². The number of hydrogen-bond acceptors (Lipinski definition) is 5. The number of benzene rings is 1. The Morgan fingerprint density at radius 3 is 2.62 bits per heavy atom. The van der Waals surface area contributed by atoms with Gasteiger partial charge in [-0.05, 0) is 26.1 Å². The number of sulfonamides is 1. The van der Waals surface area contributed by atoms with Crippen LogP contribution in [0.15, 0.2) is 46.0 Å². The molecule has 1 heterocycles. The molecule has 0 aliphatic rings. The van der Waals surface area contributed by atoms with Crippen molar-refractivity contribution in [3.63, 3.8) is 0 Å². The molecule has 1 aromatic carbocycles. The fourth-order valence-electron chi connectivity index (χ4n) is 1.81. The molecule has 2 aromatic rings. The Hall–Kier alpha value is -1.70. The Morgan fingerprint density at radius 2 is 2.00 bits per heavy atom. The Bertz CT molecular complexity index is 651. The average molecular weight is 309 g/mol. The molecule has 1 aromatic heterocycles. The second kappa shape index (κ2) is 6.84. The average Bonchev–Trinajstić information content (AvgIpc) is 2.91. The number of rotatable bonds is 7. The zero-order valence-corrected chi connectivity index (χ0v) is 12.9. The van der Waals surface area contributed by atoms with Crippen LogP contribution in [-0.4, -0.2) is 38.4 Å². The van der Waals surface area contributed by atoms with Crippen molar-refractivity contribution in [2.75, 3.05) is 20.1 Å². The normalized spacial score (nSPS) is 12.0. The lowest BCUT2D eigenvalue weighted by Crippen LogP contribution is -2.32. The van der Waals surface area contributed by atoms with Gasteiger partial charge < -0.3 is 4.42 Å². The van der Waals surface area contributed by atoms with Crippen LogP contribution >= 0.6 is 0 Å². The van der Waals surface area contributed by atoms with Crippen LogP contribution < -0.4 is 4.72 Å². The number of nitrogens with one attached hydrogen (secondary N) is 1. The van der Waals surface area contributed by atoms with Crippen LogP contribution in [0.5, 0.6) is 0 Å². The monoisotopic (exact) mass is 309 g/mol. The molecule has 0 atom stereocenters. The zero-order chi connectivity index (χ0) is 15.3. The molecular formula is C14H19N3O3S. The SMILES string of the molecule is Cc1ccc(S(=O)(=O)NCCN(C)Cc2ncco2)cc1. The summed E-state index contributed by atoms with van der Waals surface area (Å²) < 4.78 is 31.9. The summed E-state index contributed by atoms with van der Waals surface area (Å²) in [5, 5.41) is 0. The fraction of sp³-hybridized carbons (Fsp3) is 0.357. The molecule has 0 saturated heterocycles. The van der Waals surface area contributed by atoms with Crippen molar-refractivity contribution >= 4 is 10.0 Å². The van der Waals surface area contributed by atoms with Crippen LogP contribution in [0.4, 0.5) is 0 Å². The first-order valence-corrected chi connectivity index (χ1v) is 8.09. The Kier molecular flexibility index (Phi) is 5.11. The van der Waals surface area contributed by atoms with Gasteiger partial charge in [-0.25, -0.2) is 18.1 Å². The lowest BCUT2D eigenvalue weighted by atomic mass is 10.2. The Balaban J connectivity index is 1.83. The maximum Gasteiger partial charge on any atom is 0.240 e. The molecule has 0 amide bonds. The number of nitrogens with zero attached hydrogens (tertiary/aromatic N) is 2. The van der Waals surface area contributed by atoms with E-state index in [0.717, 1.165) is 5.56 Å². The summed E-state index contributed by atoms with van der Waals surface area (Å²) in [4.78, 5) is 6.24. The highest BCUT2D eigenvalue weighted by Crippen LogP contribution is 2.09. The van der Waals surface area contributed by atoms with Gasteiger partial charge in [-0.1, -0.05) is 17.7 Å². The largest absolute Gasteiger partial charge is 0.448 e. The van der Waals surface area contributed by atoms with E-state index in [1.165, 1.54) is 6.26 Å². The lowest BCUT2D eigenvalue weighted by molar-refractivity contribution is 0.292. The number of hydrogen-bond donors (Lipinski definition) is 1. The van der Waals surface area contributed by atoms with Gasteiger partial charge in [0.25, 0.3) is 0 Å². The Labute approximate surface area is 124 Å². The van der Waals surface area contributed by atoms with Crippen molar-refractivity contribution in [3.05, 3.63) is 48.2 Å². The van der Waals surface area contributed by atoms with Crippen LogP contribution in [0, 0.1) is 6.92 Å². The molecule has 0 aliphatic carbocycles. The van der Waals surface area contributed by atoms with E-state index in [2.05, 4.69) is 9.71 Å². The van der Waals surface area contributed by atoms with Gasteiger partial charge in [-0.3, -0.25) is 4.90 Å². The van der Waals surface area contributed by atoms with E-state index < -0.39 is 10.0 Å². The number of aromatic nitrogens is 1. The maximum atomic E-state index is 12.1. The minimum Gasteiger partial charge on any atom is -0.448 e. The first kappa shape index (κ1) is 15.7. The van der Waals surface area contributed by atoms with E-state index in [9.17, 15) is 8.42 Å². The van der Waals surface area contributed by atoms with E-state index in [4.69, 9.17) is 4.42 Å². The van der Waals surface area contributed by atoms with Gasteiger partial charge in [0.15, 0.2) is 0 Å². The second-order valence-electron chi connectivity index (χ2n) is 4.87. The smallest absolute Gasteiger partial charge is 0.240 e. The van der Waals surface area contributed by atoms with E-state index in [1.807, 2.05) is 18.9 Å². The molecule has 7 heteroatoms. The van der Waals surface area contributed by atoms with Gasteiger partial charge in [0.1, 0.15) is 6.26 Å². The first-order valence-electron chi connectivity index (χ1n) is 6.60. The van der Waals surface area contributed by atoms with Crippen LogP contribution in [0.25, 0.3) is 0 Å². The third kappa shape index (κ3) is 4.66. The van der Waals surface area contributed by atoms with Gasteiger partial charge in [0, 0.05) is 13.1 Å². The highest BCUT2D eigenvalue weighted by atomic mass is 32.2. The molecule has 0 aliphatic heterocycles. The minimum atomic E-state index is -3.45. The van der Waals surface area contributed by atoms with E-state index >= 15 is 0 Å². The van der Waals surface area contributed by atoms with Crippen molar-refractivity contribution in [3.8, 4) is 0 Å². The number of likely N-dealkylation sites (N-methyl/N-ethyl adjacent to an activating group) is 1. The summed E-state index contributed by atoms with van der Waals surface area (Å²) in [5.74, 6) is 0.610. The third-order valence-electron chi connectivity index (χ3n) is 3.01. The number of aryl methyl sites for hydroxylation is 1. The van der Waals surface area contributed by atoms with Crippen molar-refractivity contribution < 1.29 is 12.8 Å². The van der Waals surface area contributed by atoms with Crippen LogP contribution in [0.3, 0.4) is 0 Å². The van der Waals surface area contributed by atoms with E-state index in [1.54, 1.807) is 30.5 Å². The molecule has 0 saturated carbocycles. The van der Waals surface area contributed by atoms with Crippen molar-refractivity contribution in [1.29, 1.82) is 0 Å². The molecule has 0 spiro atoms. The highest BCUT2D eigenvalue weighted by Gasteiger charge is 2.13. The predicted molar refractivity (Wildman–Crippen MR) is 79.2 cm³/mol. The van der Waals surface area contributed by atoms with Gasteiger partial charge in [0.05, 0.1) is 17.6 Å². The van der Waals surface area contributed by atoms with Crippen molar-refractivity contribution in [2.45, 2.75) is 18.4 Å². The quantitative estimate of drug-likeness (QED) is 0.836. The second-order valence-corrected chi connectivity index (χ2v) is 6.64. The maximum absolute atomic E-state index is 12.1. The first-order chi connectivity index (χ1) is 9.97. The molecular weight excluding hydrogens is 290 g/mol. The van der Waals surface area contributed by atoms with Gasteiger partial charge in [-0.15, -0.1) is 0 Å². The van der Waals surface area contributed by atoms with Crippen LogP contribution in [0.1, 0.15) is 11.5 Å². The standard InChI is InChI=1S/C14H19N3O3S/c1-12-3-5-13(6-4-12)21(18,19)16-7-9-17(2)11-14-15-8-10-20-14/h3-6,8,10,16H,7,9,11H2,1-2H3. The molecule has 1 N–H and O–H groups in total. The van der Waals surface area contributed by atoms with Crippen molar-refractivity contribution in [1.82, 2.24) is 14.6 Å². The number of oxazole rings is 1. The van der Waals surface area contributed by atoms with Crippen LogP contribution in [0.2, 0.25) is 0 Å². The van der Waals surface area contributed by atoms with Gasteiger partial charge in [0.2, 0.25) is 15.9 Å². The Morgan fingerprint density at radius 1 is 1.29 bits per heavy atom. The summed E-state index contributed by atoms with van der Waals surface area (Å²) in [5.41, 5.74) is 1.03. The molecule has 0 unspecified atom stereocenters. The molecule has 0 fully saturated rings. The molecule has 114 valence electrons. The van der Waals surface area contributed by atoms with Gasteiger partial charge in [-0.2, -0.15) is 0 Å². The highest BCUT2D eigenvalue weighted by molar-refractivity contribution is 7.89. The topological polar surface area (TPSA) is 75.4 Å². The van der Waals surface area contributed by atoms with E-state index in [-0.39, 0.29) is 4.90 Å². The minimum absolute atomic E-state index is 0.281. The molecule has 6 nitrogen and oxygen atoms in total. The fourth-order valence-corrected chi connectivity index (χ4v) is 2.83. The summed E-state index contributed by atoms with van der Waals surface area (Å²) in [6.45, 7) is 3.35.